The molecular formula is C27H28N4O6. The zero-order valence-corrected chi connectivity index (χ0v) is 20.5. The summed E-state index contributed by atoms with van der Waals surface area (Å²) < 4.78 is 16.1. The van der Waals surface area contributed by atoms with Crippen LogP contribution in [-0.2, 0) is 20.9 Å². The van der Waals surface area contributed by atoms with Gasteiger partial charge in [-0.05, 0) is 61.0 Å². The van der Waals surface area contributed by atoms with E-state index in [4.69, 9.17) is 14.2 Å². The van der Waals surface area contributed by atoms with Crippen LogP contribution in [-0.4, -0.2) is 44.3 Å². The van der Waals surface area contributed by atoms with Gasteiger partial charge >= 0.3 is 11.8 Å². The van der Waals surface area contributed by atoms with Crippen molar-refractivity contribution < 1.29 is 28.6 Å². The van der Waals surface area contributed by atoms with Crippen LogP contribution in [0.4, 0.5) is 5.69 Å². The van der Waals surface area contributed by atoms with Crippen LogP contribution < -0.4 is 30.3 Å². The van der Waals surface area contributed by atoms with Gasteiger partial charge in [0.05, 0.1) is 19.9 Å². The molecule has 192 valence electrons. The van der Waals surface area contributed by atoms with Crippen molar-refractivity contribution in [1.29, 1.82) is 0 Å². The molecule has 0 unspecified atom stereocenters. The molecule has 10 heteroatoms. The smallest absolute Gasteiger partial charge is 0.329 e. The first-order valence-electron chi connectivity index (χ1n) is 11.5. The van der Waals surface area contributed by atoms with E-state index in [1.165, 1.54) is 6.21 Å². The Morgan fingerprint density at radius 3 is 2.27 bits per heavy atom. The number of benzene rings is 3. The van der Waals surface area contributed by atoms with Crippen molar-refractivity contribution >= 4 is 29.6 Å². The molecule has 0 saturated carbocycles. The molecule has 3 aromatic rings. The first-order chi connectivity index (χ1) is 18.0. The Labute approximate surface area is 214 Å². The van der Waals surface area contributed by atoms with Crippen molar-refractivity contribution in [3.63, 3.8) is 0 Å². The second-order valence-corrected chi connectivity index (χ2v) is 7.56. The predicted octanol–water partition coefficient (Wildman–Crippen LogP) is 2.88. The number of ether oxygens (including phenoxy) is 3. The zero-order chi connectivity index (χ0) is 26.5. The highest BCUT2D eigenvalue weighted by Crippen LogP contribution is 2.17. The van der Waals surface area contributed by atoms with Crippen LogP contribution in [0.2, 0.25) is 0 Å². The lowest BCUT2D eigenvalue weighted by molar-refractivity contribution is -0.139. The summed E-state index contributed by atoms with van der Waals surface area (Å²) in [6.45, 7) is 2.39. The zero-order valence-electron chi connectivity index (χ0n) is 20.5. The fraction of sp³-hybridized carbons (Fsp3) is 0.185. The minimum atomic E-state index is -0.919. The maximum Gasteiger partial charge on any atom is 0.329 e. The van der Waals surface area contributed by atoms with Crippen LogP contribution in [0.3, 0.4) is 0 Å². The molecule has 0 fully saturated rings. The first-order valence-corrected chi connectivity index (χ1v) is 11.5. The summed E-state index contributed by atoms with van der Waals surface area (Å²) in [5.41, 5.74) is 4.11. The maximum atomic E-state index is 12.3. The number of methoxy groups -OCH3 is 1. The second-order valence-electron chi connectivity index (χ2n) is 7.56. The highest BCUT2D eigenvalue weighted by atomic mass is 16.5. The molecule has 0 spiro atoms. The topological polar surface area (TPSA) is 127 Å². The van der Waals surface area contributed by atoms with Crippen LogP contribution in [0.15, 0.2) is 77.9 Å². The van der Waals surface area contributed by atoms with E-state index in [9.17, 15) is 14.4 Å². The molecule has 37 heavy (non-hydrogen) atoms. The van der Waals surface area contributed by atoms with Crippen molar-refractivity contribution in [3.8, 4) is 17.2 Å². The van der Waals surface area contributed by atoms with Crippen LogP contribution in [0.1, 0.15) is 18.1 Å². The van der Waals surface area contributed by atoms with Gasteiger partial charge in [0.15, 0.2) is 6.61 Å². The Morgan fingerprint density at radius 1 is 0.865 bits per heavy atom. The minimum Gasteiger partial charge on any atom is -0.497 e. The minimum absolute atomic E-state index is 0.176. The number of para-hydroxylation sites is 1. The molecule has 0 aliphatic heterocycles. The summed E-state index contributed by atoms with van der Waals surface area (Å²) in [6.07, 6.45) is 1.33. The van der Waals surface area contributed by atoms with Gasteiger partial charge in [-0.15, -0.1) is 0 Å². The van der Waals surface area contributed by atoms with Gasteiger partial charge in [-0.2, -0.15) is 5.10 Å². The summed E-state index contributed by atoms with van der Waals surface area (Å²) in [6, 6.07) is 20.9. The van der Waals surface area contributed by atoms with E-state index in [0.717, 1.165) is 5.56 Å². The standard InChI is InChI=1S/C27H28N4O6/c1-3-36-23-14-10-21(11-15-23)30-25(32)18-37-24-7-5-4-6-20(24)17-29-31-27(34)26(33)28-16-19-8-12-22(35-2)13-9-19/h4-15,17H,3,16,18H2,1-2H3,(H,28,33)(H,30,32)(H,31,34)/b29-17-. The quantitative estimate of drug-likeness (QED) is 0.209. The Balaban J connectivity index is 1.46. The number of amides is 3. The van der Waals surface area contributed by atoms with Crippen molar-refractivity contribution in [3.05, 3.63) is 83.9 Å². The van der Waals surface area contributed by atoms with Crippen molar-refractivity contribution in [2.45, 2.75) is 13.5 Å². The monoisotopic (exact) mass is 504 g/mol. The number of rotatable bonds is 11. The van der Waals surface area contributed by atoms with E-state index in [1.807, 2.05) is 6.92 Å². The molecule has 0 aromatic heterocycles. The lowest BCUT2D eigenvalue weighted by atomic mass is 10.2. The average Bonchev–Trinajstić information content (AvgIpc) is 2.92. The molecule has 0 aliphatic carbocycles. The number of carbonyl (C=O) groups is 3. The van der Waals surface area contributed by atoms with Gasteiger partial charge in [-0.1, -0.05) is 24.3 Å². The Bertz CT molecular complexity index is 1230. The third-order valence-corrected chi connectivity index (χ3v) is 4.91. The molecule has 10 nitrogen and oxygen atoms in total. The van der Waals surface area contributed by atoms with Gasteiger partial charge in [0.2, 0.25) is 0 Å². The SMILES string of the molecule is CCOc1ccc(NC(=O)COc2ccccc2/C=N\NC(=O)C(=O)NCc2ccc(OC)cc2)cc1. The van der Waals surface area contributed by atoms with E-state index in [2.05, 4.69) is 21.2 Å². The van der Waals surface area contributed by atoms with E-state index in [1.54, 1.807) is 79.9 Å². The number of carbonyl (C=O) groups excluding carboxylic acids is 3. The van der Waals surface area contributed by atoms with Crippen LogP contribution >= 0.6 is 0 Å². The molecule has 3 N–H and O–H groups in total. The molecule has 3 aromatic carbocycles. The second kappa shape index (κ2) is 13.9. The summed E-state index contributed by atoms with van der Waals surface area (Å²) in [5, 5.41) is 9.08. The number of hydrogen-bond acceptors (Lipinski definition) is 7. The third kappa shape index (κ3) is 8.70. The molecule has 0 bridgehead atoms. The van der Waals surface area contributed by atoms with E-state index >= 15 is 0 Å². The number of hydrazone groups is 1. The van der Waals surface area contributed by atoms with Gasteiger partial charge in [0, 0.05) is 17.8 Å². The fourth-order valence-corrected chi connectivity index (χ4v) is 3.08. The summed E-state index contributed by atoms with van der Waals surface area (Å²) in [4.78, 5) is 36.3. The highest BCUT2D eigenvalue weighted by molar-refractivity contribution is 6.35. The molecule has 0 radical (unpaired) electrons. The van der Waals surface area contributed by atoms with Gasteiger partial charge in [-0.3, -0.25) is 14.4 Å². The van der Waals surface area contributed by atoms with E-state index in [-0.39, 0.29) is 19.1 Å². The summed E-state index contributed by atoms with van der Waals surface area (Å²) >= 11 is 0. The van der Waals surface area contributed by atoms with Crippen molar-refractivity contribution in [1.82, 2.24) is 10.7 Å². The number of nitrogens with zero attached hydrogens (tertiary/aromatic N) is 1. The van der Waals surface area contributed by atoms with E-state index in [0.29, 0.717) is 35.1 Å². The van der Waals surface area contributed by atoms with Crippen LogP contribution in [0.5, 0.6) is 17.2 Å². The molecule has 3 rings (SSSR count). The molecular weight excluding hydrogens is 476 g/mol. The Hall–Kier alpha value is -4.86. The summed E-state index contributed by atoms with van der Waals surface area (Å²) in [5.74, 6) is -0.308. The third-order valence-electron chi connectivity index (χ3n) is 4.91. The molecule has 0 aliphatic rings. The Morgan fingerprint density at radius 2 is 1.57 bits per heavy atom. The molecule has 0 atom stereocenters. The predicted molar refractivity (Wildman–Crippen MR) is 139 cm³/mol. The first kappa shape index (κ1) is 26.7. The van der Waals surface area contributed by atoms with Crippen LogP contribution in [0, 0.1) is 0 Å². The number of nitrogens with one attached hydrogen (secondary N) is 3. The lowest BCUT2D eigenvalue weighted by Crippen LogP contribution is -2.37. The average molecular weight is 505 g/mol. The van der Waals surface area contributed by atoms with Gasteiger partial charge in [0.25, 0.3) is 5.91 Å². The Kier molecular flexibility index (Phi) is 10.0. The van der Waals surface area contributed by atoms with Crippen LogP contribution in [0.25, 0.3) is 0 Å². The number of hydrogen-bond donors (Lipinski definition) is 3. The largest absolute Gasteiger partial charge is 0.497 e. The fourth-order valence-electron chi connectivity index (χ4n) is 3.08. The normalized spacial score (nSPS) is 10.4. The lowest BCUT2D eigenvalue weighted by Gasteiger charge is -2.10. The van der Waals surface area contributed by atoms with Gasteiger partial charge in [0.1, 0.15) is 17.2 Å². The maximum absolute atomic E-state index is 12.3. The highest BCUT2D eigenvalue weighted by Gasteiger charge is 2.12. The van der Waals surface area contributed by atoms with Crippen molar-refractivity contribution in [2.75, 3.05) is 25.6 Å². The van der Waals surface area contributed by atoms with Gasteiger partial charge in [-0.25, -0.2) is 5.43 Å². The molecule has 0 heterocycles. The molecule has 3 amide bonds. The van der Waals surface area contributed by atoms with E-state index < -0.39 is 11.8 Å². The summed E-state index contributed by atoms with van der Waals surface area (Å²) in [7, 11) is 1.56. The number of anilines is 1. The molecule has 0 saturated heterocycles. The van der Waals surface area contributed by atoms with Gasteiger partial charge < -0.3 is 24.8 Å². The van der Waals surface area contributed by atoms with Crippen molar-refractivity contribution in [2.24, 2.45) is 5.10 Å².